The summed E-state index contributed by atoms with van der Waals surface area (Å²) in [7, 11) is 0. The smallest absolute Gasteiger partial charge is 0.173 e. The van der Waals surface area contributed by atoms with Gasteiger partial charge in [0.2, 0.25) is 0 Å². The Morgan fingerprint density at radius 3 is 2.61 bits per heavy atom. The maximum absolute atomic E-state index is 5.77. The van der Waals surface area contributed by atoms with Gasteiger partial charge in [-0.25, -0.2) is 0 Å². The number of aryl methyl sites for hydroxylation is 2. The zero-order valence-corrected chi connectivity index (χ0v) is 17.7. The maximum Gasteiger partial charge on any atom is 0.173 e. The highest BCUT2D eigenvalue weighted by molar-refractivity contribution is 7.80. The van der Waals surface area contributed by atoms with Gasteiger partial charge >= 0.3 is 0 Å². The van der Waals surface area contributed by atoms with E-state index in [1.54, 1.807) is 0 Å². The molecule has 1 fully saturated rings. The lowest BCUT2D eigenvalue weighted by molar-refractivity contribution is 0.0367. The van der Waals surface area contributed by atoms with Gasteiger partial charge in [0, 0.05) is 38.1 Å². The fourth-order valence-corrected chi connectivity index (χ4v) is 3.77. The number of aromatic nitrogens is 1. The lowest BCUT2D eigenvalue weighted by atomic mass is 10.1. The predicted octanol–water partition coefficient (Wildman–Crippen LogP) is 3.62. The lowest BCUT2D eigenvalue weighted by Crippen LogP contribution is -2.40. The molecule has 28 heavy (non-hydrogen) atoms. The van der Waals surface area contributed by atoms with Crippen LogP contribution in [0.5, 0.6) is 0 Å². The van der Waals surface area contributed by atoms with E-state index in [9.17, 15) is 0 Å². The highest BCUT2D eigenvalue weighted by Crippen LogP contribution is 2.15. The van der Waals surface area contributed by atoms with Crippen LogP contribution in [0.2, 0.25) is 0 Å². The van der Waals surface area contributed by atoms with Gasteiger partial charge in [0.25, 0.3) is 0 Å². The third-order valence-corrected chi connectivity index (χ3v) is 5.21. The van der Waals surface area contributed by atoms with Gasteiger partial charge in [-0.1, -0.05) is 12.1 Å². The molecule has 150 valence electrons. The lowest BCUT2D eigenvalue weighted by Gasteiger charge is -2.29. The van der Waals surface area contributed by atoms with Crippen molar-refractivity contribution in [2.24, 2.45) is 0 Å². The standard InChI is InChI=1S/C22H30N4OS/c1-18-14-19(2)16-21(15-18)24-22(28)26(17-20-6-3-4-7-23-20)9-5-8-25-10-12-27-13-11-25/h3-4,6-7,14-16H,5,8-13,17H2,1-2H3,(H,24,28). The number of anilines is 1. The molecule has 1 aliphatic rings. The number of ether oxygens (including phenoxy) is 1. The number of nitrogens with one attached hydrogen (secondary N) is 1. The Hall–Kier alpha value is -2.02. The first-order valence-electron chi connectivity index (χ1n) is 9.94. The summed E-state index contributed by atoms with van der Waals surface area (Å²) in [5, 5.41) is 4.18. The summed E-state index contributed by atoms with van der Waals surface area (Å²) in [5.74, 6) is 0. The minimum atomic E-state index is 0.709. The Morgan fingerprint density at radius 2 is 1.93 bits per heavy atom. The molecule has 2 heterocycles. The largest absolute Gasteiger partial charge is 0.379 e. The Bertz CT molecular complexity index is 742. The summed E-state index contributed by atoms with van der Waals surface area (Å²) in [6, 6.07) is 12.4. The first-order valence-corrected chi connectivity index (χ1v) is 10.4. The van der Waals surface area contributed by atoms with Crippen molar-refractivity contribution in [3.05, 3.63) is 59.4 Å². The number of hydrogen-bond acceptors (Lipinski definition) is 4. The number of rotatable bonds is 7. The predicted molar refractivity (Wildman–Crippen MR) is 119 cm³/mol. The summed E-state index contributed by atoms with van der Waals surface area (Å²) in [5.41, 5.74) is 4.53. The summed E-state index contributed by atoms with van der Waals surface area (Å²) >= 11 is 5.77. The van der Waals surface area contributed by atoms with E-state index in [-0.39, 0.29) is 0 Å². The number of pyridine rings is 1. The average molecular weight is 399 g/mol. The van der Waals surface area contributed by atoms with E-state index in [1.165, 1.54) is 11.1 Å². The van der Waals surface area contributed by atoms with Crippen molar-refractivity contribution >= 4 is 23.0 Å². The van der Waals surface area contributed by atoms with Crippen LogP contribution in [0.3, 0.4) is 0 Å². The van der Waals surface area contributed by atoms with Crippen LogP contribution in [-0.2, 0) is 11.3 Å². The molecule has 1 aromatic carbocycles. The minimum Gasteiger partial charge on any atom is -0.379 e. The molecule has 1 aliphatic heterocycles. The van der Waals surface area contributed by atoms with Crippen molar-refractivity contribution in [2.75, 3.05) is 44.7 Å². The molecule has 0 radical (unpaired) electrons. The molecule has 6 heteroatoms. The number of benzene rings is 1. The van der Waals surface area contributed by atoms with Crippen LogP contribution < -0.4 is 5.32 Å². The van der Waals surface area contributed by atoms with Crippen LogP contribution in [0.1, 0.15) is 23.2 Å². The molecular weight excluding hydrogens is 368 g/mol. The molecule has 0 saturated carbocycles. The third-order valence-electron chi connectivity index (χ3n) is 4.85. The van der Waals surface area contributed by atoms with Gasteiger partial charge in [-0.2, -0.15) is 0 Å². The average Bonchev–Trinajstić information content (AvgIpc) is 2.68. The van der Waals surface area contributed by atoms with E-state index in [0.717, 1.165) is 62.3 Å². The van der Waals surface area contributed by atoms with Gasteiger partial charge in [-0.15, -0.1) is 0 Å². The highest BCUT2D eigenvalue weighted by atomic mass is 32.1. The summed E-state index contributed by atoms with van der Waals surface area (Å²) in [6.07, 6.45) is 2.89. The quantitative estimate of drug-likeness (QED) is 0.719. The third kappa shape index (κ3) is 6.55. The molecular formula is C22H30N4OS. The van der Waals surface area contributed by atoms with Gasteiger partial charge in [0.05, 0.1) is 25.5 Å². The molecule has 0 amide bonds. The van der Waals surface area contributed by atoms with Crippen molar-refractivity contribution < 1.29 is 4.74 Å². The normalized spacial score (nSPS) is 14.6. The Morgan fingerprint density at radius 1 is 1.18 bits per heavy atom. The minimum absolute atomic E-state index is 0.709. The molecule has 1 aromatic heterocycles. The Kier molecular flexibility index (Phi) is 7.77. The summed E-state index contributed by atoms with van der Waals surface area (Å²) < 4.78 is 5.44. The number of thiocarbonyl (C=S) groups is 1. The molecule has 2 aromatic rings. The van der Waals surface area contributed by atoms with Crippen LogP contribution >= 0.6 is 12.2 Å². The van der Waals surface area contributed by atoms with E-state index < -0.39 is 0 Å². The molecule has 0 aliphatic carbocycles. The number of hydrogen-bond donors (Lipinski definition) is 1. The van der Waals surface area contributed by atoms with Crippen molar-refractivity contribution in [3.8, 4) is 0 Å². The summed E-state index contributed by atoms with van der Waals surface area (Å²) in [4.78, 5) is 9.16. The molecule has 3 rings (SSSR count). The van der Waals surface area contributed by atoms with E-state index in [1.807, 2.05) is 18.3 Å². The van der Waals surface area contributed by atoms with Gasteiger partial charge in [0.1, 0.15) is 0 Å². The fraction of sp³-hybridized carbons (Fsp3) is 0.455. The first kappa shape index (κ1) is 20.7. The monoisotopic (exact) mass is 398 g/mol. The molecule has 1 N–H and O–H groups in total. The van der Waals surface area contributed by atoms with Crippen molar-refractivity contribution in [1.82, 2.24) is 14.8 Å². The number of morpholine rings is 1. The second kappa shape index (κ2) is 10.5. The van der Waals surface area contributed by atoms with E-state index in [4.69, 9.17) is 17.0 Å². The zero-order chi connectivity index (χ0) is 19.8. The van der Waals surface area contributed by atoms with Crippen LogP contribution in [-0.4, -0.2) is 59.3 Å². The first-order chi connectivity index (χ1) is 13.6. The molecule has 0 unspecified atom stereocenters. The highest BCUT2D eigenvalue weighted by Gasteiger charge is 2.14. The van der Waals surface area contributed by atoms with Gasteiger partial charge in [-0.3, -0.25) is 9.88 Å². The Balaban J connectivity index is 1.62. The van der Waals surface area contributed by atoms with Crippen molar-refractivity contribution in [2.45, 2.75) is 26.8 Å². The van der Waals surface area contributed by atoms with Gasteiger partial charge in [-0.05, 0) is 67.9 Å². The second-order valence-corrected chi connectivity index (χ2v) is 7.74. The summed E-state index contributed by atoms with van der Waals surface area (Å²) in [6.45, 7) is 10.6. The zero-order valence-electron chi connectivity index (χ0n) is 16.9. The molecule has 0 spiro atoms. The second-order valence-electron chi connectivity index (χ2n) is 7.36. The van der Waals surface area contributed by atoms with Crippen LogP contribution in [0, 0.1) is 13.8 Å². The number of nitrogens with zero attached hydrogens (tertiary/aromatic N) is 3. The SMILES string of the molecule is Cc1cc(C)cc(NC(=S)N(CCCN2CCOCC2)Cc2ccccn2)c1. The van der Waals surface area contributed by atoms with Crippen molar-refractivity contribution in [3.63, 3.8) is 0 Å². The van der Waals surface area contributed by atoms with Gasteiger partial charge < -0.3 is 15.0 Å². The fourth-order valence-electron chi connectivity index (χ4n) is 3.50. The molecule has 0 bridgehead atoms. The van der Waals surface area contributed by atoms with Crippen molar-refractivity contribution in [1.29, 1.82) is 0 Å². The van der Waals surface area contributed by atoms with Gasteiger partial charge in [0.15, 0.2) is 5.11 Å². The van der Waals surface area contributed by atoms with Crippen LogP contribution in [0.4, 0.5) is 5.69 Å². The molecule has 1 saturated heterocycles. The topological polar surface area (TPSA) is 40.6 Å². The Labute approximate surface area is 173 Å². The molecule has 0 atom stereocenters. The van der Waals surface area contributed by atoms with Crippen LogP contribution in [0.15, 0.2) is 42.6 Å². The van der Waals surface area contributed by atoms with E-state index >= 15 is 0 Å². The van der Waals surface area contributed by atoms with E-state index in [2.05, 4.69) is 58.2 Å². The van der Waals surface area contributed by atoms with E-state index in [0.29, 0.717) is 6.54 Å². The molecule has 5 nitrogen and oxygen atoms in total. The maximum atomic E-state index is 5.77. The van der Waals surface area contributed by atoms with Crippen LogP contribution in [0.25, 0.3) is 0 Å².